The zero-order valence-corrected chi connectivity index (χ0v) is 12.4. The van der Waals surface area contributed by atoms with Crippen molar-refractivity contribution in [2.45, 2.75) is 43.1 Å². The fourth-order valence-electron chi connectivity index (χ4n) is 2.60. The first-order valence-electron chi connectivity index (χ1n) is 7.19. The molecule has 20 heavy (non-hydrogen) atoms. The molecule has 4 nitrogen and oxygen atoms in total. The number of aryl methyl sites for hydroxylation is 1. The average Bonchev–Trinajstić information content (AvgIpc) is 2.69. The molecule has 1 saturated heterocycles. The van der Waals surface area contributed by atoms with Gasteiger partial charge in [0.1, 0.15) is 0 Å². The minimum Gasteiger partial charge on any atom is -0.355 e. The SMILES string of the molecule is CCn1c(S[C@H]2CCCCNC2=O)nc2ccccc21. The number of para-hydroxylation sites is 2. The first kappa shape index (κ1) is 13.5. The van der Waals surface area contributed by atoms with Gasteiger partial charge in [-0.25, -0.2) is 4.98 Å². The Balaban J connectivity index is 1.91. The summed E-state index contributed by atoms with van der Waals surface area (Å²) in [4.78, 5) is 16.8. The lowest BCUT2D eigenvalue weighted by atomic mass is 10.2. The van der Waals surface area contributed by atoms with Crippen LogP contribution in [0.5, 0.6) is 0 Å². The molecule has 1 aromatic carbocycles. The number of aromatic nitrogens is 2. The standard InChI is InChI=1S/C15H19N3OS/c1-2-18-12-8-4-3-7-11(12)17-15(18)20-13-9-5-6-10-16-14(13)19/h3-4,7-8,13H,2,5-6,9-10H2,1H3,(H,16,19)/t13-/m0/s1. The van der Waals surface area contributed by atoms with E-state index in [2.05, 4.69) is 27.9 Å². The average molecular weight is 289 g/mol. The molecule has 5 heteroatoms. The summed E-state index contributed by atoms with van der Waals surface area (Å²) in [6.45, 7) is 3.79. The van der Waals surface area contributed by atoms with Crippen molar-refractivity contribution in [3.05, 3.63) is 24.3 Å². The number of carbonyl (C=O) groups excluding carboxylic acids is 1. The number of benzene rings is 1. The van der Waals surface area contributed by atoms with E-state index in [0.717, 1.165) is 48.5 Å². The molecule has 1 fully saturated rings. The van der Waals surface area contributed by atoms with Crippen LogP contribution >= 0.6 is 11.8 Å². The third-order valence-corrected chi connectivity index (χ3v) is 4.92. The number of amides is 1. The second-order valence-electron chi connectivity index (χ2n) is 5.02. The van der Waals surface area contributed by atoms with E-state index in [9.17, 15) is 4.79 Å². The molecule has 0 bridgehead atoms. The summed E-state index contributed by atoms with van der Waals surface area (Å²) in [7, 11) is 0. The van der Waals surface area contributed by atoms with Gasteiger partial charge in [0.25, 0.3) is 0 Å². The Hall–Kier alpha value is -1.49. The first-order chi connectivity index (χ1) is 9.79. The van der Waals surface area contributed by atoms with Crippen molar-refractivity contribution >= 4 is 28.7 Å². The topological polar surface area (TPSA) is 46.9 Å². The Kier molecular flexibility index (Phi) is 3.96. The van der Waals surface area contributed by atoms with Crippen LogP contribution in [0.3, 0.4) is 0 Å². The molecule has 1 aliphatic heterocycles. The third-order valence-electron chi connectivity index (χ3n) is 3.67. The van der Waals surface area contributed by atoms with E-state index in [1.807, 2.05) is 18.2 Å². The van der Waals surface area contributed by atoms with Gasteiger partial charge in [0.2, 0.25) is 5.91 Å². The van der Waals surface area contributed by atoms with Gasteiger partial charge in [-0.2, -0.15) is 0 Å². The molecule has 1 aromatic heterocycles. The van der Waals surface area contributed by atoms with Crippen LogP contribution in [0.4, 0.5) is 0 Å². The lowest BCUT2D eigenvalue weighted by molar-refractivity contribution is -0.120. The number of nitrogens with zero attached hydrogens (tertiary/aromatic N) is 2. The van der Waals surface area contributed by atoms with Crippen LogP contribution in [-0.4, -0.2) is 27.3 Å². The number of thioether (sulfide) groups is 1. The van der Waals surface area contributed by atoms with Gasteiger partial charge in [0.05, 0.1) is 16.3 Å². The Morgan fingerprint density at radius 2 is 2.25 bits per heavy atom. The second-order valence-corrected chi connectivity index (χ2v) is 6.19. The molecule has 1 amide bonds. The number of rotatable bonds is 3. The molecule has 2 aromatic rings. The van der Waals surface area contributed by atoms with E-state index in [1.165, 1.54) is 0 Å². The first-order valence-corrected chi connectivity index (χ1v) is 8.07. The molecule has 0 aliphatic carbocycles. The van der Waals surface area contributed by atoms with Crippen LogP contribution in [0, 0.1) is 0 Å². The van der Waals surface area contributed by atoms with Crippen molar-refractivity contribution in [1.82, 2.24) is 14.9 Å². The predicted molar refractivity (Wildman–Crippen MR) is 81.9 cm³/mol. The van der Waals surface area contributed by atoms with E-state index in [-0.39, 0.29) is 11.2 Å². The molecule has 0 unspecified atom stereocenters. The minimum absolute atomic E-state index is 0.0142. The molecule has 0 spiro atoms. The fraction of sp³-hybridized carbons (Fsp3) is 0.467. The summed E-state index contributed by atoms with van der Waals surface area (Å²) >= 11 is 1.60. The summed E-state index contributed by atoms with van der Waals surface area (Å²) in [5.41, 5.74) is 2.15. The van der Waals surface area contributed by atoms with Crippen LogP contribution in [0.25, 0.3) is 11.0 Å². The van der Waals surface area contributed by atoms with Crippen molar-refractivity contribution in [1.29, 1.82) is 0 Å². The van der Waals surface area contributed by atoms with Crippen molar-refractivity contribution in [3.8, 4) is 0 Å². The molecule has 1 aliphatic rings. The van der Waals surface area contributed by atoms with Crippen LogP contribution in [0.1, 0.15) is 26.2 Å². The van der Waals surface area contributed by atoms with E-state index >= 15 is 0 Å². The largest absolute Gasteiger partial charge is 0.355 e. The van der Waals surface area contributed by atoms with E-state index in [4.69, 9.17) is 0 Å². The molecular weight excluding hydrogens is 270 g/mol. The maximum atomic E-state index is 12.1. The van der Waals surface area contributed by atoms with E-state index < -0.39 is 0 Å². The van der Waals surface area contributed by atoms with Gasteiger partial charge in [0, 0.05) is 13.1 Å². The Labute approximate surface area is 123 Å². The zero-order valence-electron chi connectivity index (χ0n) is 11.6. The molecule has 106 valence electrons. The second kappa shape index (κ2) is 5.87. The fourth-order valence-corrected chi connectivity index (χ4v) is 3.84. The normalized spacial score (nSPS) is 19.9. The summed E-state index contributed by atoms with van der Waals surface area (Å²) in [6.07, 6.45) is 3.11. The molecule has 0 saturated carbocycles. The Morgan fingerprint density at radius 3 is 3.10 bits per heavy atom. The minimum atomic E-state index is -0.0142. The number of nitrogens with one attached hydrogen (secondary N) is 1. The summed E-state index contributed by atoms with van der Waals surface area (Å²) in [5, 5.41) is 3.93. The number of fused-ring (bicyclic) bond motifs is 1. The number of carbonyl (C=O) groups is 1. The predicted octanol–water partition coefficient (Wildman–Crippen LogP) is 2.82. The van der Waals surface area contributed by atoms with Crippen LogP contribution in [0.15, 0.2) is 29.4 Å². The summed E-state index contributed by atoms with van der Waals surface area (Å²) in [5.74, 6) is 0.155. The van der Waals surface area contributed by atoms with Gasteiger partial charge < -0.3 is 9.88 Å². The monoisotopic (exact) mass is 289 g/mol. The van der Waals surface area contributed by atoms with Crippen molar-refractivity contribution in [2.75, 3.05) is 6.54 Å². The lowest BCUT2D eigenvalue weighted by Gasteiger charge is -2.13. The molecule has 2 heterocycles. The lowest BCUT2D eigenvalue weighted by Crippen LogP contribution is -2.30. The Morgan fingerprint density at radius 1 is 1.40 bits per heavy atom. The maximum absolute atomic E-state index is 12.1. The van der Waals surface area contributed by atoms with Gasteiger partial charge in [0.15, 0.2) is 5.16 Å². The van der Waals surface area contributed by atoms with Gasteiger partial charge in [-0.1, -0.05) is 30.3 Å². The van der Waals surface area contributed by atoms with Crippen molar-refractivity contribution in [3.63, 3.8) is 0 Å². The third kappa shape index (κ3) is 2.54. The van der Waals surface area contributed by atoms with Crippen molar-refractivity contribution < 1.29 is 4.79 Å². The summed E-state index contributed by atoms with van der Waals surface area (Å²) in [6, 6.07) is 8.15. The smallest absolute Gasteiger partial charge is 0.233 e. The zero-order chi connectivity index (χ0) is 13.9. The van der Waals surface area contributed by atoms with Gasteiger partial charge in [-0.05, 0) is 31.9 Å². The number of imidazole rings is 1. The van der Waals surface area contributed by atoms with E-state index in [1.54, 1.807) is 11.8 Å². The highest BCUT2D eigenvalue weighted by Crippen LogP contribution is 2.30. The number of hydrogen-bond donors (Lipinski definition) is 1. The molecular formula is C15H19N3OS. The van der Waals surface area contributed by atoms with Gasteiger partial charge >= 0.3 is 0 Å². The molecule has 1 atom stereocenters. The van der Waals surface area contributed by atoms with Gasteiger partial charge in [-0.15, -0.1) is 0 Å². The highest BCUT2D eigenvalue weighted by atomic mass is 32.2. The maximum Gasteiger partial charge on any atom is 0.233 e. The Bertz CT molecular complexity index is 623. The van der Waals surface area contributed by atoms with Crippen LogP contribution in [0.2, 0.25) is 0 Å². The van der Waals surface area contributed by atoms with Crippen LogP contribution in [-0.2, 0) is 11.3 Å². The molecule has 1 N–H and O–H groups in total. The highest BCUT2D eigenvalue weighted by molar-refractivity contribution is 8.00. The quantitative estimate of drug-likeness (QED) is 0.945. The molecule has 3 rings (SSSR count). The number of hydrogen-bond acceptors (Lipinski definition) is 3. The van der Waals surface area contributed by atoms with E-state index in [0.29, 0.717) is 0 Å². The summed E-state index contributed by atoms with van der Waals surface area (Å²) < 4.78 is 2.19. The van der Waals surface area contributed by atoms with Crippen LogP contribution < -0.4 is 5.32 Å². The van der Waals surface area contributed by atoms with Gasteiger partial charge in [-0.3, -0.25) is 4.79 Å². The van der Waals surface area contributed by atoms with Crippen molar-refractivity contribution in [2.24, 2.45) is 0 Å². The highest BCUT2D eigenvalue weighted by Gasteiger charge is 2.24. The molecule has 0 radical (unpaired) electrons.